The molecule has 1 unspecified atom stereocenters. The van der Waals surface area contributed by atoms with E-state index in [1.165, 1.54) is 0 Å². The van der Waals surface area contributed by atoms with Crippen molar-refractivity contribution in [1.29, 1.82) is 0 Å². The first-order valence-corrected chi connectivity index (χ1v) is 5.92. The lowest BCUT2D eigenvalue weighted by molar-refractivity contribution is 0.0895. The average Bonchev–Trinajstić information content (AvgIpc) is 2.66. The smallest absolute Gasteiger partial charge is 0.245 e. The number of nitrogens with zero attached hydrogens (tertiary/aromatic N) is 1. The molecule has 4 heteroatoms. The summed E-state index contributed by atoms with van der Waals surface area (Å²) in [5.41, 5.74) is 1.32. The fraction of sp³-hybridized carbons (Fsp3) is 0.167. The summed E-state index contributed by atoms with van der Waals surface area (Å²) in [6.45, 7) is 1.77. The second-order valence-corrected chi connectivity index (χ2v) is 5.12. The van der Waals surface area contributed by atoms with E-state index in [1.807, 2.05) is 24.3 Å². The van der Waals surface area contributed by atoms with Gasteiger partial charge < -0.3 is 0 Å². The highest BCUT2D eigenvalue weighted by Crippen LogP contribution is 2.30. The number of hydrogen-bond donors (Lipinski definition) is 0. The lowest BCUT2D eigenvalue weighted by Crippen LogP contribution is -2.30. The molecule has 0 bridgehead atoms. The van der Waals surface area contributed by atoms with E-state index in [2.05, 4.69) is 0 Å². The van der Waals surface area contributed by atoms with Crippen molar-refractivity contribution >= 4 is 33.7 Å². The SMILES string of the molecule is CC1SC(=O)c2cc3ccccc3n2C1=O. The summed E-state index contributed by atoms with van der Waals surface area (Å²) in [7, 11) is 0. The summed E-state index contributed by atoms with van der Waals surface area (Å²) in [5.74, 6) is -0.0131. The highest BCUT2D eigenvalue weighted by Gasteiger charge is 2.31. The molecule has 16 heavy (non-hydrogen) atoms. The van der Waals surface area contributed by atoms with Gasteiger partial charge in [0.25, 0.3) is 0 Å². The van der Waals surface area contributed by atoms with Crippen LogP contribution in [0.25, 0.3) is 10.9 Å². The third-order valence-electron chi connectivity index (χ3n) is 2.77. The van der Waals surface area contributed by atoms with E-state index >= 15 is 0 Å². The van der Waals surface area contributed by atoms with Gasteiger partial charge >= 0.3 is 0 Å². The minimum atomic E-state index is -0.296. The Balaban J connectivity index is 2.40. The Kier molecular flexibility index (Phi) is 1.94. The fourth-order valence-corrected chi connectivity index (χ4v) is 2.79. The topological polar surface area (TPSA) is 39.1 Å². The number of carbonyl (C=O) groups is 2. The Hall–Kier alpha value is -1.55. The van der Waals surface area contributed by atoms with Crippen molar-refractivity contribution in [2.45, 2.75) is 12.2 Å². The lowest BCUT2D eigenvalue weighted by Gasteiger charge is -2.18. The molecular weight excluding hydrogens is 222 g/mol. The number of hydrogen-bond acceptors (Lipinski definition) is 3. The normalized spacial score (nSPS) is 20.2. The van der Waals surface area contributed by atoms with Crippen molar-refractivity contribution < 1.29 is 9.59 Å². The summed E-state index contributed by atoms with van der Waals surface area (Å²) in [6.07, 6.45) is 0. The number of para-hydroxylation sites is 1. The summed E-state index contributed by atoms with van der Waals surface area (Å²) < 4.78 is 1.54. The zero-order valence-corrected chi connectivity index (χ0v) is 9.45. The second kappa shape index (κ2) is 3.22. The van der Waals surface area contributed by atoms with Crippen LogP contribution in [0.4, 0.5) is 0 Å². The third-order valence-corrected chi connectivity index (χ3v) is 3.75. The van der Waals surface area contributed by atoms with Crippen molar-refractivity contribution in [2.75, 3.05) is 0 Å². The molecule has 0 saturated heterocycles. The zero-order valence-electron chi connectivity index (χ0n) is 8.64. The van der Waals surface area contributed by atoms with Crippen LogP contribution in [0.2, 0.25) is 0 Å². The van der Waals surface area contributed by atoms with E-state index in [-0.39, 0.29) is 16.3 Å². The maximum Gasteiger partial charge on any atom is 0.245 e. The second-order valence-electron chi connectivity index (χ2n) is 3.81. The number of thioether (sulfide) groups is 1. The van der Waals surface area contributed by atoms with Crippen LogP contribution in [0.5, 0.6) is 0 Å². The molecule has 0 spiro atoms. The minimum Gasteiger partial charge on any atom is -0.280 e. The van der Waals surface area contributed by atoms with Crippen LogP contribution < -0.4 is 0 Å². The molecule has 2 aromatic rings. The van der Waals surface area contributed by atoms with Crippen LogP contribution in [0.15, 0.2) is 30.3 Å². The molecule has 3 nitrogen and oxygen atoms in total. The molecular formula is C12H9NO2S. The summed E-state index contributed by atoms with van der Waals surface area (Å²) in [4.78, 5) is 23.8. The maximum atomic E-state index is 12.0. The molecule has 1 aliphatic rings. The summed E-state index contributed by atoms with van der Waals surface area (Å²) >= 11 is 1.10. The highest BCUT2D eigenvalue weighted by atomic mass is 32.2. The van der Waals surface area contributed by atoms with E-state index in [1.54, 1.807) is 17.6 Å². The Bertz CT molecular complexity index is 615. The van der Waals surface area contributed by atoms with Crippen LogP contribution in [-0.2, 0) is 0 Å². The summed E-state index contributed by atoms with van der Waals surface area (Å²) in [5, 5.41) is 0.619. The van der Waals surface area contributed by atoms with Gasteiger partial charge in [-0.15, -0.1) is 0 Å². The van der Waals surface area contributed by atoms with Crippen LogP contribution in [0.3, 0.4) is 0 Å². The largest absolute Gasteiger partial charge is 0.280 e. The average molecular weight is 231 g/mol. The first-order chi connectivity index (χ1) is 7.68. The van der Waals surface area contributed by atoms with Gasteiger partial charge in [-0.1, -0.05) is 30.0 Å². The van der Waals surface area contributed by atoms with E-state index in [0.717, 1.165) is 22.7 Å². The number of benzene rings is 1. The van der Waals surface area contributed by atoms with Gasteiger partial charge in [-0.25, -0.2) is 0 Å². The fourth-order valence-electron chi connectivity index (χ4n) is 2.00. The van der Waals surface area contributed by atoms with Crippen LogP contribution >= 0.6 is 11.8 Å². The Labute approximate surface area is 96.4 Å². The van der Waals surface area contributed by atoms with Crippen molar-refractivity contribution in [2.24, 2.45) is 0 Å². The number of aromatic nitrogens is 1. The number of rotatable bonds is 0. The van der Waals surface area contributed by atoms with Gasteiger partial charge in [0.05, 0.1) is 10.8 Å². The van der Waals surface area contributed by atoms with Crippen molar-refractivity contribution in [3.05, 3.63) is 36.0 Å². The highest BCUT2D eigenvalue weighted by molar-refractivity contribution is 8.15. The molecule has 1 aromatic carbocycles. The van der Waals surface area contributed by atoms with E-state index in [4.69, 9.17) is 0 Å². The molecule has 0 N–H and O–H groups in total. The zero-order chi connectivity index (χ0) is 11.3. The molecule has 0 radical (unpaired) electrons. The van der Waals surface area contributed by atoms with Crippen LogP contribution in [0, 0.1) is 0 Å². The first kappa shape index (κ1) is 9.66. The quantitative estimate of drug-likeness (QED) is 0.699. The molecule has 1 aromatic heterocycles. The van der Waals surface area contributed by atoms with Gasteiger partial charge in [0, 0.05) is 5.39 Å². The number of fused-ring (bicyclic) bond motifs is 3. The first-order valence-electron chi connectivity index (χ1n) is 5.04. The van der Waals surface area contributed by atoms with Gasteiger partial charge in [0.15, 0.2) is 0 Å². The van der Waals surface area contributed by atoms with Gasteiger partial charge in [0.2, 0.25) is 11.0 Å². The molecule has 0 saturated carbocycles. The van der Waals surface area contributed by atoms with Crippen molar-refractivity contribution in [1.82, 2.24) is 4.57 Å². The predicted octanol–water partition coefficient (Wildman–Crippen LogP) is 2.56. The monoisotopic (exact) mass is 231 g/mol. The van der Waals surface area contributed by atoms with Crippen LogP contribution in [-0.4, -0.2) is 20.8 Å². The molecule has 0 amide bonds. The van der Waals surface area contributed by atoms with Crippen LogP contribution in [0.1, 0.15) is 22.2 Å². The molecule has 3 rings (SSSR count). The Morgan fingerprint density at radius 2 is 2.00 bits per heavy atom. The van der Waals surface area contributed by atoms with Crippen molar-refractivity contribution in [3.63, 3.8) is 0 Å². The Morgan fingerprint density at radius 3 is 2.81 bits per heavy atom. The van der Waals surface area contributed by atoms with Gasteiger partial charge in [-0.05, 0) is 19.1 Å². The van der Waals surface area contributed by atoms with E-state index in [9.17, 15) is 9.59 Å². The van der Waals surface area contributed by atoms with E-state index in [0.29, 0.717) is 5.69 Å². The third kappa shape index (κ3) is 1.16. The maximum absolute atomic E-state index is 12.0. The minimum absolute atomic E-state index is 0.0131. The lowest BCUT2D eigenvalue weighted by atomic mass is 10.2. The molecule has 1 atom stereocenters. The van der Waals surface area contributed by atoms with Gasteiger partial charge in [-0.3, -0.25) is 14.2 Å². The standard InChI is InChI=1S/C12H9NO2S/c1-7-11(14)13-9-5-3-2-4-8(9)6-10(13)12(15)16-7/h2-7H,1H3. The predicted molar refractivity (Wildman–Crippen MR) is 63.9 cm³/mol. The molecule has 2 heterocycles. The Morgan fingerprint density at radius 1 is 1.25 bits per heavy atom. The van der Waals surface area contributed by atoms with Gasteiger partial charge in [0.1, 0.15) is 5.69 Å². The number of carbonyl (C=O) groups excluding carboxylic acids is 2. The van der Waals surface area contributed by atoms with E-state index < -0.39 is 0 Å². The van der Waals surface area contributed by atoms with Gasteiger partial charge in [-0.2, -0.15) is 0 Å². The van der Waals surface area contributed by atoms with Crippen molar-refractivity contribution in [3.8, 4) is 0 Å². The molecule has 0 fully saturated rings. The summed E-state index contributed by atoms with van der Waals surface area (Å²) in [6, 6.07) is 9.34. The molecule has 80 valence electrons. The molecule has 1 aliphatic heterocycles. The molecule has 0 aliphatic carbocycles.